The Morgan fingerprint density at radius 2 is 2.38 bits per heavy atom. The fraction of sp³-hybridized carbons (Fsp3) is 0.615. The van der Waals surface area contributed by atoms with E-state index in [0.29, 0.717) is 6.42 Å². The topological polar surface area (TPSA) is 35.5 Å². The smallest absolute Gasteiger partial charge is 0.308 e. The van der Waals surface area contributed by atoms with E-state index < -0.39 is 0 Å². The van der Waals surface area contributed by atoms with Crippen LogP contribution in [0.15, 0.2) is 24.3 Å². The number of rotatable bonds is 4. The molecule has 3 heteroatoms. The Morgan fingerprint density at radius 3 is 2.94 bits per heavy atom. The second kappa shape index (κ2) is 5.85. The number of esters is 1. The van der Waals surface area contributed by atoms with Crippen LogP contribution in [0.4, 0.5) is 0 Å². The second-order valence-corrected chi connectivity index (χ2v) is 4.24. The van der Waals surface area contributed by atoms with E-state index in [9.17, 15) is 4.79 Å². The third-order valence-corrected chi connectivity index (χ3v) is 2.94. The zero-order chi connectivity index (χ0) is 12.1. The van der Waals surface area contributed by atoms with E-state index in [1.807, 2.05) is 6.08 Å². The highest BCUT2D eigenvalue weighted by molar-refractivity contribution is 5.69. The van der Waals surface area contributed by atoms with Gasteiger partial charge in [0, 0.05) is 5.92 Å². The number of hydrogen-bond donors (Lipinski definition) is 0. The summed E-state index contributed by atoms with van der Waals surface area (Å²) in [5.74, 6) is 0.0299. The van der Waals surface area contributed by atoms with Crippen molar-refractivity contribution in [2.24, 2.45) is 5.92 Å². The molecule has 0 aromatic heterocycles. The minimum Gasteiger partial charge on any atom is -0.469 e. The highest BCUT2D eigenvalue weighted by atomic mass is 16.5. The van der Waals surface area contributed by atoms with Crippen molar-refractivity contribution in [1.82, 2.24) is 0 Å². The molecule has 0 radical (unpaired) electrons. The van der Waals surface area contributed by atoms with Crippen LogP contribution in [0.1, 0.15) is 26.7 Å². The van der Waals surface area contributed by atoms with E-state index in [2.05, 4.69) is 31.2 Å². The first kappa shape index (κ1) is 13.0. The van der Waals surface area contributed by atoms with Crippen molar-refractivity contribution in [2.75, 3.05) is 7.11 Å². The van der Waals surface area contributed by atoms with Crippen LogP contribution in [0, 0.1) is 5.92 Å². The lowest BCUT2D eigenvalue weighted by Crippen LogP contribution is -2.34. The summed E-state index contributed by atoms with van der Waals surface area (Å²) in [7, 11) is 1.40. The highest BCUT2D eigenvalue weighted by Gasteiger charge is 2.28. The predicted molar refractivity (Wildman–Crippen MR) is 63.0 cm³/mol. The van der Waals surface area contributed by atoms with Crippen molar-refractivity contribution in [3.05, 3.63) is 24.3 Å². The van der Waals surface area contributed by atoms with Gasteiger partial charge in [0.05, 0.1) is 25.7 Å². The summed E-state index contributed by atoms with van der Waals surface area (Å²) in [6.45, 7) is 7.82. The van der Waals surface area contributed by atoms with Crippen molar-refractivity contribution in [3.63, 3.8) is 0 Å². The van der Waals surface area contributed by atoms with Crippen LogP contribution in [0.25, 0.3) is 0 Å². The van der Waals surface area contributed by atoms with Crippen LogP contribution in [0.5, 0.6) is 0 Å². The van der Waals surface area contributed by atoms with Crippen molar-refractivity contribution < 1.29 is 14.3 Å². The van der Waals surface area contributed by atoms with E-state index in [-0.39, 0.29) is 24.1 Å². The standard InChI is InChI=1S/C13H20O3/c1-5-6-11-9(2)7-10(3)12(16-11)8-13(14)15-4/h5,7,10-12H,1,6,8H2,2-4H3/t10-,11-,12-/m1/s1. The second-order valence-electron chi connectivity index (χ2n) is 4.24. The molecule has 3 nitrogen and oxygen atoms in total. The first-order valence-electron chi connectivity index (χ1n) is 5.60. The molecule has 0 fully saturated rings. The van der Waals surface area contributed by atoms with E-state index in [1.165, 1.54) is 12.7 Å². The molecule has 0 bridgehead atoms. The van der Waals surface area contributed by atoms with E-state index in [1.54, 1.807) is 0 Å². The van der Waals surface area contributed by atoms with Gasteiger partial charge in [0.2, 0.25) is 0 Å². The van der Waals surface area contributed by atoms with Gasteiger partial charge < -0.3 is 9.47 Å². The lowest BCUT2D eigenvalue weighted by molar-refractivity contribution is -0.146. The first-order valence-corrected chi connectivity index (χ1v) is 5.60. The minimum atomic E-state index is -0.220. The fourth-order valence-electron chi connectivity index (χ4n) is 1.95. The summed E-state index contributed by atoms with van der Waals surface area (Å²) < 4.78 is 10.5. The molecular formula is C13H20O3. The Labute approximate surface area is 97.1 Å². The van der Waals surface area contributed by atoms with Gasteiger partial charge in [-0.1, -0.05) is 19.1 Å². The van der Waals surface area contributed by atoms with Crippen LogP contribution >= 0.6 is 0 Å². The highest BCUT2D eigenvalue weighted by Crippen LogP contribution is 2.27. The van der Waals surface area contributed by atoms with Gasteiger partial charge in [0.15, 0.2) is 0 Å². The summed E-state index contributed by atoms with van der Waals surface area (Å²) in [6, 6.07) is 0. The molecular weight excluding hydrogens is 204 g/mol. The van der Waals surface area contributed by atoms with Crippen molar-refractivity contribution >= 4 is 5.97 Å². The quantitative estimate of drug-likeness (QED) is 0.543. The molecule has 0 aliphatic carbocycles. The van der Waals surface area contributed by atoms with Crippen LogP contribution in [-0.2, 0) is 14.3 Å². The Hall–Kier alpha value is -1.09. The molecule has 0 spiro atoms. The molecule has 16 heavy (non-hydrogen) atoms. The summed E-state index contributed by atoms with van der Waals surface area (Å²) in [4.78, 5) is 11.2. The third-order valence-electron chi connectivity index (χ3n) is 2.94. The average Bonchev–Trinajstić information content (AvgIpc) is 2.25. The maximum absolute atomic E-state index is 11.2. The zero-order valence-corrected chi connectivity index (χ0v) is 10.2. The van der Waals surface area contributed by atoms with Crippen molar-refractivity contribution in [1.29, 1.82) is 0 Å². The lowest BCUT2D eigenvalue weighted by atomic mass is 9.92. The fourth-order valence-corrected chi connectivity index (χ4v) is 1.95. The first-order chi connectivity index (χ1) is 7.58. The maximum Gasteiger partial charge on any atom is 0.308 e. The molecule has 1 aliphatic rings. The minimum absolute atomic E-state index is 0.0587. The molecule has 0 N–H and O–H groups in total. The van der Waals surface area contributed by atoms with Gasteiger partial charge in [-0.05, 0) is 18.9 Å². The van der Waals surface area contributed by atoms with Gasteiger partial charge in [0.1, 0.15) is 0 Å². The summed E-state index contributed by atoms with van der Waals surface area (Å²) in [5.41, 5.74) is 1.22. The van der Waals surface area contributed by atoms with Crippen LogP contribution in [-0.4, -0.2) is 25.3 Å². The number of carbonyl (C=O) groups excluding carboxylic acids is 1. The Bertz CT molecular complexity index is 294. The average molecular weight is 224 g/mol. The SMILES string of the molecule is C=CC[C@H]1O[C@H](CC(=O)OC)[C@H](C)C=C1C. The van der Waals surface area contributed by atoms with Gasteiger partial charge in [0.25, 0.3) is 0 Å². The van der Waals surface area contributed by atoms with Crippen LogP contribution in [0.2, 0.25) is 0 Å². The number of carbonyl (C=O) groups is 1. The Balaban J connectivity index is 2.67. The number of ether oxygens (including phenoxy) is 2. The van der Waals surface area contributed by atoms with Gasteiger partial charge in [-0.3, -0.25) is 4.79 Å². The summed E-state index contributed by atoms with van der Waals surface area (Å²) >= 11 is 0. The Morgan fingerprint density at radius 1 is 1.69 bits per heavy atom. The number of methoxy groups -OCH3 is 1. The van der Waals surface area contributed by atoms with Gasteiger partial charge in [-0.15, -0.1) is 6.58 Å². The number of hydrogen-bond acceptors (Lipinski definition) is 3. The van der Waals surface area contributed by atoms with E-state index >= 15 is 0 Å². The summed E-state index contributed by atoms with van der Waals surface area (Å²) in [6.07, 6.45) is 5.09. The molecule has 0 unspecified atom stereocenters. The molecule has 3 atom stereocenters. The van der Waals surface area contributed by atoms with Gasteiger partial charge >= 0.3 is 5.97 Å². The maximum atomic E-state index is 11.2. The van der Waals surface area contributed by atoms with Crippen LogP contribution < -0.4 is 0 Å². The molecule has 0 aromatic rings. The molecule has 90 valence electrons. The largest absolute Gasteiger partial charge is 0.469 e. The van der Waals surface area contributed by atoms with Gasteiger partial charge in [-0.25, -0.2) is 0 Å². The van der Waals surface area contributed by atoms with Crippen LogP contribution in [0.3, 0.4) is 0 Å². The normalized spacial score (nSPS) is 29.4. The van der Waals surface area contributed by atoms with Crippen molar-refractivity contribution in [3.8, 4) is 0 Å². The Kier molecular flexibility index (Phi) is 4.74. The lowest BCUT2D eigenvalue weighted by Gasteiger charge is -2.32. The van der Waals surface area contributed by atoms with E-state index in [0.717, 1.165) is 6.42 Å². The molecule has 1 aliphatic heterocycles. The third kappa shape index (κ3) is 3.20. The molecule has 0 aromatic carbocycles. The predicted octanol–water partition coefficient (Wildman–Crippen LogP) is 2.48. The molecule has 0 saturated carbocycles. The monoisotopic (exact) mass is 224 g/mol. The van der Waals surface area contributed by atoms with E-state index in [4.69, 9.17) is 4.74 Å². The summed E-state index contributed by atoms with van der Waals surface area (Å²) in [5, 5.41) is 0. The zero-order valence-electron chi connectivity index (χ0n) is 10.2. The molecule has 0 amide bonds. The molecule has 1 heterocycles. The molecule has 0 saturated heterocycles. The van der Waals surface area contributed by atoms with Crippen molar-refractivity contribution in [2.45, 2.75) is 38.9 Å². The molecule has 1 rings (SSSR count). The van der Waals surface area contributed by atoms with Gasteiger partial charge in [-0.2, -0.15) is 0 Å².